The minimum Gasteiger partial charge on any atom is -0.469 e. The van der Waals surface area contributed by atoms with E-state index in [1.807, 2.05) is 0 Å². The first-order chi connectivity index (χ1) is 8.88. The van der Waals surface area contributed by atoms with Gasteiger partial charge in [-0.25, -0.2) is 4.39 Å². The van der Waals surface area contributed by atoms with Gasteiger partial charge < -0.3 is 9.52 Å². The monoisotopic (exact) mass is 274 g/mol. The zero-order valence-electron chi connectivity index (χ0n) is 9.62. The summed E-state index contributed by atoms with van der Waals surface area (Å²) >= 11 is 0. The Morgan fingerprint density at radius 2 is 1.95 bits per heavy atom. The van der Waals surface area contributed by atoms with Crippen LogP contribution in [-0.4, -0.2) is 5.11 Å². The van der Waals surface area contributed by atoms with E-state index >= 15 is 0 Å². The summed E-state index contributed by atoms with van der Waals surface area (Å²) in [5.74, 6) is -0.508. The van der Waals surface area contributed by atoms with Crippen LogP contribution >= 0.6 is 0 Å². The topological polar surface area (TPSA) is 33.4 Å². The van der Waals surface area contributed by atoms with E-state index in [0.717, 1.165) is 0 Å². The van der Waals surface area contributed by atoms with Crippen molar-refractivity contribution in [3.8, 4) is 0 Å². The molecule has 0 fully saturated rings. The van der Waals surface area contributed by atoms with Crippen LogP contribution in [0.3, 0.4) is 0 Å². The lowest BCUT2D eigenvalue weighted by Crippen LogP contribution is -2.13. The molecule has 0 spiro atoms. The smallest absolute Gasteiger partial charge is 0.416 e. The first kappa shape index (κ1) is 13.6. The molecule has 1 aromatic heterocycles. The Bertz CT molecular complexity index is 546. The molecule has 2 aromatic rings. The number of halogens is 4. The third-order valence-corrected chi connectivity index (χ3v) is 2.65. The van der Waals surface area contributed by atoms with Crippen molar-refractivity contribution in [3.63, 3.8) is 0 Å². The van der Waals surface area contributed by atoms with E-state index in [1.165, 1.54) is 12.3 Å². The summed E-state index contributed by atoms with van der Waals surface area (Å²) in [6.45, 7) is 0. The fraction of sp³-hybridized carbons (Fsp3) is 0.231. The molecule has 19 heavy (non-hydrogen) atoms. The number of furan rings is 1. The predicted octanol–water partition coefficient (Wildman–Crippen LogP) is 3.71. The van der Waals surface area contributed by atoms with Gasteiger partial charge in [-0.1, -0.05) is 0 Å². The normalized spacial score (nSPS) is 13.5. The van der Waals surface area contributed by atoms with Gasteiger partial charge in [-0.05, 0) is 35.9 Å². The van der Waals surface area contributed by atoms with Crippen LogP contribution in [0, 0.1) is 5.82 Å². The fourth-order valence-corrected chi connectivity index (χ4v) is 1.80. The summed E-state index contributed by atoms with van der Waals surface area (Å²) < 4.78 is 56.3. The quantitative estimate of drug-likeness (QED) is 0.865. The summed E-state index contributed by atoms with van der Waals surface area (Å²) in [5, 5.41) is 9.83. The standard InChI is InChI=1S/C13H10F4O2/c14-8-3-4-11(13(15,16)17)10(6-8)12(18)7-9-2-1-5-19-9/h1-6,12,18H,7H2. The molecule has 1 N–H and O–H groups in total. The first-order valence-electron chi connectivity index (χ1n) is 5.45. The molecule has 2 nitrogen and oxygen atoms in total. The van der Waals surface area contributed by atoms with Gasteiger partial charge in [-0.3, -0.25) is 0 Å². The molecule has 1 unspecified atom stereocenters. The highest BCUT2D eigenvalue weighted by Gasteiger charge is 2.35. The fourth-order valence-electron chi connectivity index (χ4n) is 1.80. The van der Waals surface area contributed by atoms with Gasteiger partial charge in [0.15, 0.2) is 0 Å². The Labute approximate surface area is 106 Å². The average Bonchev–Trinajstić information content (AvgIpc) is 2.80. The van der Waals surface area contributed by atoms with Gasteiger partial charge in [0.05, 0.1) is 17.9 Å². The zero-order chi connectivity index (χ0) is 14.0. The molecule has 6 heteroatoms. The SMILES string of the molecule is OC(Cc1ccco1)c1cc(F)ccc1C(F)(F)F. The molecule has 1 aromatic carbocycles. The predicted molar refractivity (Wildman–Crippen MR) is 58.8 cm³/mol. The number of hydrogen-bond acceptors (Lipinski definition) is 2. The minimum absolute atomic E-state index is 0.153. The van der Waals surface area contributed by atoms with Crippen molar-refractivity contribution in [2.75, 3.05) is 0 Å². The summed E-state index contributed by atoms with van der Waals surface area (Å²) in [4.78, 5) is 0. The number of rotatable bonds is 3. The number of aliphatic hydroxyl groups is 1. The summed E-state index contributed by atoms with van der Waals surface area (Å²) in [5.41, 5.74) is -1.54. The second kappa shape index (κ2) is 5.05. The summed E-state index contributed by atoms with van der Waals surface area (Å²) in [7, 11) is 0. The molecule has 0 bridgehead atoms. The molecule has 102 valence electrons. The van der Waals surface area contributed by atoms with Gasteiger partial charge >= 0.3 is 6.18 Å². The second-order valence-electron chi connectivity index (χ2n) is 4.03. The molecule has 1 atom stereocenters. The molecule has 0 radical (unpaired) electrons. The molecular formula is C13H10F4O2. The Morgan fingerprint density at radius 3 is 2.53 bits per heavy atom. The van der Waals surface area contributed by atoms with Crippen molar-refractivity contribution in [2.24, 2.45) is 0 Å². The Kier molecular flexibility index (Phi) is 3.61. The molecule has 1 heterocycles. The van der Waals surface area contributed by atoms with Crippen LogP contribution in [0.2, 0.25) is 0 Å². The van der Waals surface area contributed by atoms with Gasteiger partial charge in [0.2, 0.25) is 0 Å². The third kappa shape index (κ3) is 3.14. The average molecular weight is 274 g/mol. The minimum atomic E-state index is -4.65. The van der Waals surface area contributed by atoms with Crippen molar-refractivity contribution in [1.29, 1.82) is 0 Å². The van der Waals surface area contributed by atoms with Crippen molar-refractivity contribution in [1.82, 2.24) is 0 Å². The highest BCUT2D eigenvalue weighted by molar-refractivity contribution is 5.32. The van der Waals surface area contributed by atoms with Crippen molar-refractivity contribution < 1.29 is 27.1 Å². The molecule has 0 aliphatic rings. The van der Waals surface area contributed by atoms with Gasteiger partial charge in [0, 0.05) is 6.42 Å². The van der Waals surface area contributed by atoms with Crippen molar-refractivity contribution >= 4 is 0 Å². The van der Waals surface area contributed by atoms with E-state index in [4.69, 9.17) is 4.42 Å². The van der Waals surface area contributed by atoms with Crippen molar-refractivity contribution in [2.45, 2.75) is 18.7 Å². The molecular weight excluding hydrogens is 264 g/mol. The molecule has 0 aliphatic heterocycles. The van der Waals surface area contributed by atoms with Crippen LogP contribution in [0.25, 0.3) is 0 Å². The van der Waals surface area contributed by atoms with Crippen molar-refractivity contribution in [3.05, 3.63) is 59.3 Å². The van der Waals surface area contributed by atoms with Crippen LogP contribution in [0.5, 0.6) is 0 Å². The van der Waals surface area contributed by atoms with Crippen LogP contribution in [0.4, 0.5) is 17.6 Å². The molecule has 2 rings (SSSR count). The van der Waals surface area contributed by atoms with Gasteiger partial charge in [0.1, 0.15) is 11.6 Å². The van der Waals surface area contributed by atoms with Crippen LogP contribution in [0.15, 0.2) is 41.0 Å². The highest BCUT2D eigenvalue weighted by atomic mass is 19.4. The lowest BCUT2D eigenvalue weighted by molar-refractivity contribution is -0.139. The van der Waals surface area contributed by atoms with E-state index in [9.17, 15) is 22.7 Å². The van der Waals surface area contributed by atoms with Crippen LogP contribution in [-0.2, 0) is 12.6 Å². The number of alkyl halides is 3. The zero-order valence-corrected chi connectivity index (χ0v) is 9.62. The van der Waals surface area contributed by atoms with Gasteiger partial charge in [-0.15, -0.1) is 0 Å². The van der Waals surface area contributed by atoms with E-state index in [-0.39, 0.29) is 6.42 Å². The maximum absolute atomic E-state index is 13.1. The Hall–Kier alpha value is -1.82. The largest absolute Gasteiger partial charge is 0.469 e. The molecule has 0 amide bonds. The third-order valence-electron chi connectivity index (χ3n) is 2.65. The van der Waals surface area contributed by atoms with E-state index in [2.05, 4.69) is 0 Å². The maximum Gasteiger partial charge on any atom is 0.416 e. The van der Waals surface area contributed by atoms with Gasteiger partial charge in [0.25, 0.3) is 0 Å². The summed E-state index contributed by atoms with van der Waals surface area (Å²) in [6, 6.07) is 5.10. The lowest BCUT2D eigenvalue weighted by atomic mass is 9.99. The maximum atomic E-state index is 13.1. The number of benzene rings is 1. The number of aliphatic hydroxyl groups excluding tert-OH is 1. The summed E-state index contributed by atoms with van der Waals surface area (Å²) in [6.07, 6.45) is -4.94. The van der Waals surface area contributed by atoms with Crippen LogP contribution < -0.4 is 0 Å². The lowest BCUT2D eigenvalue weighted by Gasteiger charge is -2.17. The van der Waals surface area contributed by atoms with E-state index in [1.54, 1.807) is 6.07 Å². The first-order valence-corrected chi connectivity index (χ1v) is 5.45. The van der Waals surface area contributed by atoms with Crippen LogP contribution in [0.1, 0.15) is 23.0 Å². The molecule has 0 saturated heterocycles. The molecule has 0 aliphatic carbocycles. The van der Waals surface area contributed by atoms with E-state index < -0.39 is 29.2 Å². The Morgan fingerprint density at radius 1 is 1.21 bits per heavy atom. The highest BCUT2D eigenvalue weighted by Crippen LogP contribution is 2.35. The second-order valence-corrected chi connectivity index (χ2v) is 4.03. The number of hydrogen-bond donors (Lipinski definition) is 1. The van der Waals surface area contributed by atoms with E-state index in [0.29, 0.717) is 24.0 Å². The molecule has 0 saturated carbocycles. The Balaban J connectivity index is 2.34. The van der Waals surface area contributed by atoms with Gasteiger partial charge in [-0.2, -0.15) is 13.2 Å².